The average molecular weight is 331 g/mol. The molecule has 0 aliphatic heterocycles. The van der Waals surface area contributed by atoms with Crippen molar-refractivity contribution in [3.63, 3.8) is 0 Å². The number of nitrogens with one attached hydrogen (secondary N) is 2. The minimum absolute atomic E-state index is 0.112. The molecule has 22 heavy (non-hydrogen) atoms. The van der Waals surface area contributed by atoms with Crippen LogP contribution in [0.15, 0.2) is 5.11 Å². The number of carbonyl (C=O) groups excluding carboxylic acids is 3. The van der Waals surface area contributed by atoms with Gasteiger partial charge in [0.2, 0.25) is 16.9 Å². The van der Waals surface area contributed by atoms with E-state index in [9.17, 15) is 14.4 Å². The first-order chi connectivity index (χ1) is 10.3. The Balaban J connectivity index is 4.39. The molecule has 0 unspecified atom stereocenters. The Morgan fingerprint density at radius 1 is 1.27 bits per heavy atom. The first-order valence-electron chi connectivity index (χ1n) is 6.70. The molecule has 0 aliphatic carbocycles. The zero-order chi connectivity index (χ0) is 17.1. The van der Waals surface area contributed by atoms with Gasteiger partial charge in [-0.15, -0.1) is 12.6 Å². The lowest BCUT2D eigenvalue weighted by Crippen LogP contribution is -2.53. The molecule has 2 amide bonds. The van der Waals surface area contributed by atoms with Crippen LogP contribution in [0.2, 0.25) is 0 Å². The van der Waals surface area contributed by atoms with Crippen molar-refractivity contribution in [1.29, 1.82) is 0 Å². The molecule has 2 atom stereocenters. The predicted molar refractivity (Wildman–Crippen MR) is 83.2 cm³/mol. The van der Waals surface area contributed by atoms with E-state index in [1.165, 1.54) is 6.92 Å². The Kier molecular flexibility index (Phi) is 10.0. The number of hydrogen-bond acceptors (Lipinski definition) is 5. The molecule has 0 aromatic heterocycles. The van der Waals surface area contributed by atoms with Crippen molar-refractivity contribution in [1.82, 2.24) is 10.6 Å². The Morgan fingerprint density at radius 3 is 2.41 bits per heavy atom. The molecule has 0 saturated carbocycles. The molecule has 9 nitrogen and oxygen atoms in total. The van der Waals surface area contributed by atoms with Crippen molar-refractivity contribution in [2.45, 2.75) is 32.9 Å². The molecule has 10 heteroatoms. The number of thiol groups is 1. The van der Waals surface area contributed by atoms with E-state index < -0.39 is 29.0 Å². The van der Waals surface area contributed by atoms with E-state index in [1.807, 2.05) is 0 Å². The highest BCUT2D eigenvalue weighted by atomic mass is 32.1. The third kappa shape index (κ3) is 8.50. The molecule has 0 rings (SSSR count). The van der Waals surface area contributed by atoms with Crippen LogP contribution in [0.1, 0.15) is 20.8 Å². The summed E-state index contributed by atoms with van der Waals surface area (Å²) in [6.45, 7) is 5.02. The van der Waals surface area contributed by atoms with Gasteiger partial charge in [-0.2, -0.15) is 0 Å². The summed E-state index contributed by atoms with van der Waals surface area (Å²) >= 11 is 3.64. The van der Waals surface area contributed by atoms with E-state index in [1.54, 1.807) is 13.8 Å². The second-order valence-corrected chi connectivity index (χ2v) is 5.31. The van der Waals surface area contributed by atoms with Crippen molar-refractivity contribution in [3.05, 3.63) is 10.4 Å². The number of nitrogens with zero attached hydrogens (tertiary/aromatic N) is 3. The maximum atomic E-state index is 12.0. The summed E-state index contributed by atoms with van der Waals surface area (Å²) in [5, 5.41) is 7.80. The number of amides is 2. The number of azide groups is 1. The van der Waals surface area contributed by atoms with Gasteiger partial charge >= 0.3 is 0 Å². The third-order valence-corrected chi connectivity index (χ3v) is 3.01. The lowest BCUT2D eigenvalue weighted by molar-refractivity contribution is -0.133. The van der Waals surface area contributed by atoms with Crippen molar-refractivity contribution in [2.24, 2.45) is 11.0 Å². The van der Waals surface area contributed by atoms with Gasteiger partial charge in [0.25, 0.3) is 0 Å². The van der Waals surface area contributed by atoms with Crippen molar-refractivity contribution >= 4 is 29.6 Å². The van der Waals surface area contributed by atoms with Crippen LogP contribution in [0, 0.1) is 5.92 Å². The van der Waals surface area contributed by atoms with Gasteiger partial charge in [-0.1, -0.05) is 19.0 Å². The summed E-state index contributed by atoms with van der Waals surface area (Å²) in [6, 6.07) is -1.53. The highest BCUT2D eigenvalue weighted by molar-refractivity contribution is 7.96. The highest BCUT2D eigenvalue weighted by Gasteiger charge is 2.26. The van der Waals surface area contributed by atoms with Crippen LogP contribution in [-0.2, 0) is 19.1 Å². The Labute approximate surface area is 134 Å². The van der Waals surface area contributed by atoms with Crippen molar-refractivity contribution in [2.75, 3.05) is 19.8 Å². The fourth-order valence-electron chi connectivity index (χ4n) is 1.43. The Hall–Kier alpha value is -1.77. The molecule has 0 spiro atoms. The molecule has 0 saturated heterocycles. The van der Waals surface area contributed by atoms with E-state index in [0.29, 0.717) is 0 Å². The zero-order valence-corrected chi connectivity index (χ0v) is 13.7. The maximum Gasteiger partial charge on any atom is 0.246 e. The summed E-state index contributed by atoms with van der Waals surface area (Å²) in [6.07, 6.45) is 0. The van der Waals surface area contributed by atoms with Crippen LogP contribution in [0.25, 0.3) is 10.4 Å². The van der Waals surface area contributed by atoms with Gasteiger partial charge in [-0.25, -0.2) is 0 Å². The van der Waals surface area contributed by atoms with Gasteiger partial charge in [-0.3, -0.25) is 14.4 Å². The molecule has 0 fully saturated rings. The minimum atomic E-state index is -0.789. The largest absolute Gasteiger partial charge is 0.372 e. The molecule has 0 aromatic carbocycles. The molecule has 0 radical (unpaired) electrons. The van der Waals surface area contributed by atoms with Gasteiger partial charge in [0.15, 0.2) is 0 Å². The highest BCUT2D eigenvalue weighted by Crippen LogP contribution is 2.03. The molecular weight excluding hydrogens is 310 g/mol. The van der Waals surface area contributed by atoms with Gasteiger partial charge in [0.1, 0.15) is 12.6 Å². The minimum Gasteiger partial charge on any atom is -0.372 e. The molecule has 0 aliphatic rings. The lowest BCUT2D eigenvalue weighted by Gasteiger charge is -2.23. The third-order valence-electron chi connectivity index (χ3n) is 2.63. The zero-order valence-electron chi connectivity index (χ0n) is 12.8. The Morgan fingerprint density at radius 2 is 1.91 bits per heavy atom. The second kappa shape index (κ2) is 10.9. The summed E-state index contributed by atoms with van der Waals surface area (Å²) in [4.78, 5) is 37.3. The summed E-state index contributed by atoms with van der Waals surface area (Å²) < 4.78 is 5.00. The molecule has 0 bridgehead atoms. The fraction of sp³-hybridized carbons (Fsp3) is 0.750. The number of carbonyl (C=O) groups is 3. The van der Waals surface area contributed by atoms with E-state index in [4.69, 9.17) is 10.3 Å². The average Bonchev–Trinajstić information content (AvgIpc) is 2.43. The first-order valence-corrected chi connectivity index (χ1v) is 7.15. The quantitative estimate of drug-likeness (QED) is 0.176. The Bertz CT molecular complexity index is 451. The smallest absolute Gasteiger partial charge is 0.246 e. The van der Waals surface area contributed by atoms with E-state index in [-0.39, 0.29) is 25.7 Å². The SMILES string of the molecule is CC(C)[C@H](NC(=O)COCCN=[N+]=[N-])C(=O)N[C@@H](C)C(=O)S. The molecule has 0 aromatic rings. The second-order valence-electron chi connectivity index (χ2n) is 4.86. The van der Waals surface area contributed by atoms with Gasteiger partial charge in [0, 0.05) is 11.5 Å². The number of ether oxygens (including phenoxy) is 1. The topological polar surface area (TPSA) is 133 Å². The standard InChI is InChI=1S/C12H21N5O4S/c1-7(2)10(11(19)15-8(3)12(20)22)16-9(18)6-21-5-4-14-17-13/h7-8,10H,4-6H2,1-3H3,(H,15,19)(H,16,18)(H,20,22)/t8-,10-/m0/s1. The van der Waals surface area contributed by atoms with E-state index >= 15 is 0 Å². The predicted octanol–water partition coefficient (Wildman–Crippen LogP) is 0.415. The van der Waals surface area contributed by atoms with Crippen LogP contribution in [0.5, 0.6) is 0 Å². The normalized spacial score (nSPS) is 13.0. The molecule has 124 valence electrons. The van der Waals surface area contributed by atoms with Gasteiger partial charge < -0.3 is 15.4 Å². The number of hydrogen-bond donors (Lipinski definition) is 3. The molecular formula is C12H21N5O4S. The molecule has 0 heterocycles. The first kappa shape index (κ1) is 20.2. The van der Waals surface area contributed by atoms with E-state index in [2.05, 4.69) is 33.3 Å². The number of rotatable bonds is 10. The molecule has 2 N–H and O–H groups in total. The van der Waals surface area contributed by atoms with Crippen molar-refractivity contribution in [3.8, 4) is 0 Å². The van der Waals surface area contributed by atoms with Gasteiger partial charge in [-0.05, 0) is 18.4 Å². The van der Waals surface area contributed by atoms with Crippen LogP contribution in [-0.4, -0.2) is 48.8 Å². The monoisotopic (exact) mass is 331 g/mol. The van der Waals surface area contributed by atoms with E-state index in [0.717, 1.165) is 0 Å². The van der Waals surface area contributed by atoms with Crippen LogP contribution < -0.4 is 10.6 Å². The maximum absolute atomic E-state index is 12.0. The summed E-state index contributed by atoms with van der Waals surface area (Å²) in [5.41, 5.74) is 8.08. The lowest BCUT2D eigenvalue weighted by atomic mass is 10.0. The van der Waals surface area contributed by atoms with Crippen LogP contribution >= 0.6 is 12.6 Å². The fourth-order valence-corrected chi connectivity index (χ4v) is 1.49. The summed E-state index contributed by atoms with van der Waals surface area (Å²) in [5.74, 6) is -1.11. The van der Waals surface area contributed by atoms with Crippen LogP contribution in [0.3, 0.4) is 0 Å². The van der Waals surface area contributed by atoms with Crippen LogP contribution in [0.4, 0.5) is 0 Å². The van der Waals surface area contributed by atoms with Gasteiger partial charge in [0.05, 0.1) is 12.6 Å². The van der Waals surface area contributed by atoms with Crippen molar-refractivity contribution < 1.29 is 19.1 Å². The summed E-state index contributed by atoms with van der Waals surface area (Å²) in [7, 11) is 0.